The highest BCUT2D eigenvalue weighted by molar-refractivity contribution is 5.80. The van der Waals surface area contributed by atoms with E-state index in [1.807, 2.05) is 0 Å². The van der Waals surface area contributed by atoms with E-state index in [-0.39, 0.29) is 5.75 Å². The van der Waals surface area contributed by atoms with E-state index in [9.17, 15) is 4.39 Å². The number of hydrogen-bond donors (Lipinski definition) is 2. The van der Waals surface area contributed by atoms with Gasteiger partial charge in [-0.1, -0.05) is 0 Å². The maximum atomic E-state index is 12.6. The third kappa shape index (κ3) is 0.832. The molecule has 0 bridgehead atoms. The molecule has 0 aliphatic heterocycles. The van der Waals surface area contributed by atoms with Crippen molar-refractivity contribution >= 4 is 11.0 Å². The molecule has 0 atom stereocenters. The number of phenolic OH excluding ortho intramolecular Hbond substituents is 1. The second kappa shape index (κ2) is 1.95. The zero-order valence-electron chi connectivity index (χ0n) is 5.50. The van der Waals surface area contributed by atoms with Crippen molar-refractivity contribution in [1.29, 1.82) is 0 Å². The summed E-state index contributed by atoms with van der Waals surface area (Å²) in [7, 11) is 0. The van der Waals surface area contributed by atoms with Crippen LogP contribution in [0.25, 0.3) is 11.0 Å². The number of phenols is 1. The predicted octanol–water partition coefficient (Wildman–Crippen LogP) is 1.41. The molecule has 1 aromatic carbocycles. The number of imidazole rings is 1. The zero-order valence-corrected chi connectivity index (χ0v) is 5.50. The molecule has 0 saturated carbocycles. The number of aromatic hydroxyl groups is 1. The topological polar surface area (TPSA) is 48.9 Å². The van der Waals surface area contributed by atoms with Gasteiger partial charge in [-0.2, -0.15) is 0 Å². The van der Waals surface area contributed by atoms with Crippen molar-refractivity contribution in [2.24, 2.45) is 0 Å². The zero-order chi connectivity index (χ0) is 7.84. The monoisotopic (exact) mass is 152 g/mol. The number of fused-ring (bicyclic) bond motifs is 1. The Kier molecular flexibility index (Phi) is 1.09. The molecule has 56 valence electrons. The van der Waals surface area contributed by atoms with Crippen LogP contribution in [0.4, 0.5) is 4.39 Å². The highest BCUT2D eigenvalue weighted by Crippen LogP contribution is 2.21. The SMILES string of the molecule is Oc1cc(F)cc2[nH]cnc12. The molecule has 11 heavy (non-hydrogen) atoms. The average Bonchev–Trinajstić information content (AvgIpc) is 2.34. The Bertz CT molecular complexity index is 396. The molecule has 2 N–H and O–H groups in total. The highest BCUT2D eigenvalue weighted by atomic mass is 19.1. The molecular formula is C7H5FN2O. The molecule has 0 fully saturated rings. The minimum atomic E-state index is -0.473. The summed E-state index contributed by atoms with van der Waals surface area (Å²) in [4.78, 5) is 6.48. The molecule has 0 unspecified atom stereocenters. The van der Waals surface area contributed by atoms with Crippen molar-refractivity contribution in [2.45, 2.75) is 0 Å². The molecule has 0 aliphatic carbocycles. The number of halogens is 1. The average molecular weight is 152 g/mol. The molecule has 0 spiro atoms. The molecule has 1 aromatic heterocycles. The summed E-state index contributed by atoms with van der Waals surface area (Å²) in [6, 6.07) is 2.31. The predicted molar refractivity (Wildman–Crippen MR) is 37.7 cm³/mol. The molecule has 1 heterocycles. The second-order valence-electron chi connectivity index (χ2n) is 2.22. The van der Waals surface area contributed by atoms with Crippen molar-refractivity contribution in [3.8, 4) is 5.75 Å². The van der Waals surface area contributed by atoms with Gasteiger partial charge in [-0.25, -0.2) is 9.37 Å². The highest BCUT2D eigenvalue weighted by Gasteiger charge is 2.03. The minimum Gasteiger partial charge on any atom is -0.505 e. The van der Waals surface area contributed by atoms with Gasteiger partial charge in [0.15, 0.2) is 0 Å². The number of rotatable bonds is 0. The standard InChI is InChI=1S/C7H5FN2O/c8-4-1-5-7(6(11)2-4)10-3-9-5/h1-3,11H,(H,9,10). The molecule has 2 rings (SSSR count). The third-order valence-corrected chi connectivity index (χ3v) is 1.47. The van der Waals surface area contributed by atoms with Crippen LogP contribution in [0.15, 0.2) is 18.5 Å². The summed E-state index contributed by atoms with van der Waals surface area (Å²) >= 11 is 0. The lowest BCUT2D eigenvalue weighted by Gasteiger charge is -1.92. The fourth-order valence-electron chi connectivity index (χ4n) is 0.997. The van der Waals surface area contributed by atoms with E-state index in [0.29, 0.717) is 11.0 Å². The van der Waals surface area contributed by atoms with E-state index in [0.717, 1.165) is 6.07 Å². The molecule has 3 nitrogen and oxygen atoms in total. The van der Waals surface area contributed by atoms with Crippen LogP contribution in [0.2, 0.25) is 0 Å². The molecule has 0 amide bonds. The van der Waals surface area contributed by atoms with Gasteiger partial charge in [-0.15, -0.1) is 0 Å². The smallest absolute Gasteiger partial charge is 0.146 e. The summed E-state index contributed by atoms with van der Waals surface area (Å²) in [6.07, 6.45) is 1.41. The third-order valence-electron chi connectivity index (χ3n) is 1.47. The minimum absolute atomic E-state index is 0.138. The molecule has 4 heteroatoms. The maximum absolute atomic E-state index is 12.6. The van der Waals surface area contributed by atoms with Crippen LogP contribution in [0, 0.1) is 5.82 Å². The lowest BCUT2D eigenvalue weighted by atomic mass is 10.3. The normalized spacial score (nSPS) is 10.6. The van der Waals surface area contributed by atoms with Gasteiger partial charge in [-0.3, -0.25) is 0 Å². The largest absolute Gasteiger partial charge is 0.505 e. The van der Waals surface area contributed by atoms with Gasteiger partial charge < -0.3 is 10.1 Å². The Balaban J connectivity index is 2.91. The van der Waals surface area contributed by atoms with Crippen LogP contribution in [-0.4, -0.2) is 15.1 Å². The van der Waals surface area contributed by atoms with Gasteiger partial charge in [0.1, 0.15) is 17.1 Å². The van der Waals surface area contributed by atoms with Crippen molar-refractivity contribution in [1.82, 2.24) is 9.97 Å². The number of aromatic nitrogens is 2. The lowest BCUT2D eigenvalue weighted by molar-refractivity contribution is 0.474. The summed E-state index contributed by atoms with van der Waals surface area (Å²) in [6.45, 7) is 0. The van der Waals surface area contributed by atoms with Gasteiger partial charge in [0.05, 0.1) is 11.8 Å². The van der Waals surface area contributed by atoms with Crippen LogP contribution in [0.1, 0.15) is 0 Å². The second-order valence-corrected chi connectivity index (χ2v) is 2.22. The van der Waals surface area contributed by atoms with Crippen LogP contribution in [-0.2, 0) is 0 Å². The number of benzene rings is 1. The Morgan fingerprint density at radius 2 is 2.27 bits per heavy atom. The van der Waals surface area contributed by atoms with Crippen molar-refractivity contribution in [2.75, 3.05) is 0 Å². The number of H-pyrrole nitrogens is 1. The van der Waals surface area contributed by atoms with Crippen LogP contribution in [0.3, 0.4) is 0 Å². The van der Waals surface area contributed by atoms with Gasteiger partial charge in [0, 0.05) is 6.07 Å². The van der Waals surface area contributed by atoms with E-state index >= 15 is 0 Å². The van der Waals surface area contributed by atoms with Crippen molar-refractivity contribution in [3.63, 3.8) is 0 Å². The molecular weight excluding hydrogens is 147 g/mol. The van der Waals surface area contributed by atoms with Gasteiger partial charge in [0.2, 0.25) is 0 Å². The van der Waals surface area contributed by atoms with Crippen LogP contribution < -0.4 is 0 Å². The Labute approximate surface area is 61.5 Å². The maximum Gasteiger partial charge on any atom is 0.146 e. The number of aromatic amines is 1. The van der Waals surface area contributed by atoms with E-state index < -0.39 is 5.82 Å². The molecule has 0 radical (unpaired) electrons. The van der Waals surface area contributed by atoms with Gasteiger partial charge in [0.25, 0.3) is 0 Å². The van der Waals surface area contributed by atoms with Crippen molar-refractivity contribution in [3.05, 3.63) is 24.3 Å². The number of nitrogens with one attached hydrogen (secondary N) is 1. The molecule has 0 aliphatic rings. The first-order chi connectivity index (χ1) is 5.27. The van der Waals surface area contributed by atoms with Crippen molar-refractivity contribution < 1.29 is 9.50 Å². The molecule has 0 saturated heterocycles. The van der Waals surface area contributed by atoms with Gasteiger partial charge in [-0.05, 0) is 6.07 Å². The fourth-order valence-corrected chi connectivity index (χ4v) is 0.997. The van der Waals surface area contributed by atoms with E-state index in [4.69, 9.17) is 5.11 Å². The number of nitrogens with zero attached hydrogens (tertiary/aromatic N) is 1. The Morgan fingerprint density at radius 3 is 3.09 bits per heavy atom. The van der Waals surface area contributed by atoms with E-state index in [1.54, 1.807) is 0 Å². The lowest BCUT2D eigenvalue weighted by Crippen LogP contribution is -1.75. The summed E-state index contributed by atoms with van der Waals surface area (Å²) in [5, 5.41) is 9.12. The quantitative estimate of drug-likeness (QED) is 0.599. The Hall–Kier alpha value is -1.58. The first kappa shape index (κ1) is 6.15. The number of hydrogen-bond acceptors (Lipinski definition) is 2. The van der Waals surface area contributed by atoms with E-state index in [2.05, 4.69) is 9.97 Å². The Morgan fingerprint density at radius 1 is 1.45 bits per heavy atom. The van der Waals surface area contributed by atoms with E-state index in [1.165, 1.54) is 12.4 Å². The van der Waals surface area contributed by atoms with Crippen LogP contribution >= 0.6 is 0 Å². The first-order valence-electron chi connectivity index (χ1n) is 3.09. The fraction of sp³-hybridized carbons (Fsp3) is 0. The summed E-state index contributed by atoms with van der Waals surface area (Å²) < 4.78 is 12.6. The first-order valence-corrected chi connectivity index (χ1v) is 3.09. The summed E-state index contributed by atoms with van der Waals surface area (Å²) in [5.74, 6) is -0.611. The van der Waals surface area contributed by atoms with Gasteiger partial charge >= 0.3 is 0 Å². The molecule has 2 aromatic rings. The van der Waals surface area contributed by atoms with Crippen LogP contribution in [0.5, 0.6) is 5.75 Å². The summed E-state index contributed by atoms with van der Waals surface area (Å²) in [5.41, 5.74) is 0.897.